The Kier molecular flexibility index (Phi) is 7.31. The van der Waals surface area contributed by atoms with Crippen LogP contribution in [0.5, 0.6) is 0 Å². The number of hydrogen-bond acceptors (Lipinski definition) is 9. The maximum atomic E-state index is 13.2. The third-order valence-corrected chi connectivity index (χ3v) is 9.84. The zero-order chi connectivity index (χ0) is 25.4. The summed E-state index contributed by atoms with van der Waals surface area (Å²) >= 11 is 1.01. The van der Waals surface area contributed by atoms with Gasteiger partial charge in [-0.05, 0) is 44.2 Å². The van der Waals surface area contributed by atoms with Crippen LogP contribution in [-0.2, 0) is 20.4 Å². The standard InChI is InChI=1S/C21H28F3N5O4S2/c1-20(30,21(22,23)24)15-11-26-19(27-12-15)29-7-6-28(35(31,32)18-3-2-17(25)34-18)13-16(29)10-14-4-8-33-9-5-14/h2-3,11-12,14,16,30H,4-10,13,25H2,1H3/t16-,20-/m0/s1. The molecule has 0 aliphatic carbocycles. The maximum Gasteiger partial charge on any atom is 0.421 e. The van der Waals surface area contributed by atoms with Crippen molar-refractivity contribution in [2.75, 3.05) is 43.5 Å². The Morgan fingerprint density at radius 1 is 1.20 bits per heavy atom. The van der Waals surface area contributed by atoms with Gasteiger partial charge in [-0.25, -0.2) is 18.4 Å². The number of aromatic nitrogens is 2. The van der Waals surface area contributed by atoms with Crippen LogP contribution >= 0.6 is 11.3 Å². The van der Waals surface area contributed by atoms with Crippen molar-refractivity contribution in [2.45, 2.75) is 48.2 Å². The lowest BCUT2D eigenvalue weighted by Crippen LogP contribution is -2.56. The minimum absolute atomic E-state index is 0.162. The first-order chi connectivity index (χ1) is 16.4. The summed E-state index contributed by atoms with van der Waals surface area (Å²) < 4.78 is 73.0. The van der Waals surface area contributed by atoms with Crippen LogP contribution in [0.15, 0.2) is 28.7 Å². The molecule has 2 aromatic rings. The van der Waals surface area contributed by atoms with Gasteiger partial charge in [-0.1, -0.05) is 0 Å². The smallest absolute Gasteiger partial charge is 0.391 e. The van der Waals surface area contributed by atoms with Gasteiger partial charge in [0.15, 0.2) is 5.60 Å². The number of nitrogen functional groups attached to an aromatic ring is 1. The lowest BCUT2D eigenvalue weighted by molar-refractivity contribution is -0.259. The Morgan fingerprint density at radius 2 is 1.86 bits per heavy atom. The molecule has 3 N–H and O–H groups in total. The van der Waals surface area contributed by atoms with E-state index in [9.17, 15) is 26.7 Å². The van der Waals surface area contributed by atoms with Crippen molar-refractivity contribution in [1.82, 2.24) is 14.3 Å². The zero-order valence-corrected chi connectivity index (χ0v) is 20.7. The first-order valence-corrected chi connectivity index (χ1v) is 13.5. The van der Waals surface area contributed by atoms with Crippen molar-refractivity contribution in [3.05, 3.63) is 30.1 Å². The van der Waals surface area contributed by atoms with Crippen LogP contribution in [0.25, 0.3) is 0 Å². The van der Waals surface area contributed by atoms with E-state index in [1.54, 1.807) is 6.07 Å². The summed E-state index contributed by atoms with van der Waals surface area (Å²) in [5.41, 5.74) is 2.19. The van der Waals surface area contributed by atoms with Gasteiger partial charge >= 0.3 is 6.18 Å². The molecule has 4 heterocycles. The number of anilines is 2. The average molecular weight is 536 g/mol. The highest BCUT2D eigenvalue weighted by molar-refractivity contribution is 7.91. The number of rotatable bonds is 6. The lowest BCUT2D eigenvalue weighted by Gasteiger charge is -2.42. The molecule has 194 valence electrons. The minimum Gasteiger partial charge on any atom is -0.391 e. The van der Waals surface area contributed by atoms with E-state index in [4.69, 9.17) is 10.5 Å². The van der Waals surface area contributed by atoms with Gasteiger partial charge in [-0.15, -0.1) is 11.3 Å². The van der Waals surface area contributed by atoms with Gasteiger partial charge in [0.1, 0.15) is 4.21 Å². The van der Waals surface area contributed by atoms with Crippen LogP contribution < -0.4 is 10.6 Å². The molecule has 2 saturated heterocycles. The Balaban J connectivity index is 1.58. The molecule has 0 bridgehead atoms. The SMILES string of the molecule is C[C@](O)(c1cnc(N2CCN(S(=O)(=O)c3ccc(N)s3)C[C@@H]2CC2CCOCC2)nc1)C(F)(F)F. The number of thiophene rings is 1. The van der Waals surface area contributed by atoms with E-state index in [1.165, 1.54) is 10.4 Å². The molecule has 2 aliphatic rings. The molecule has 2 atom stereocenters. The van der Waals surface area contributed by atoms with Gasteiger partial charge < -0.3 is 20.5 Å². The van der Waals surface area contributed by atoms with Crippen LogP contribution in [0, 0.1) is 5.92 Å². The van der Waals surface area contributed by atoms with E-state index < -0.39 is 27.4 Å². The lowest BCUT2D eigenvalue weighted by atomic mass is 9.91. The zero-order valence-electron chi connectivity index (χ0n) is 19.1. The molecule has 0 amide bonds. The summed E-state index contributed by atoms with van der Waals surface area (Å²) in [6.45, 7) is 2.53. The first kappa shape index (κ1) is 26.1. The fraction of sp³-hybridized carbons (Fsp3) is 0.619. The largest absolute Gasteiger partial charge is 0.421 e. The van der Waals surface area contributed by atoms with Gasteiger partial charge in [-0.3, -0.25) is 0 Å². The van der Waals surface area contributed by atoms with Gasteiger partial charge in [-0.2, -0.15) is 17.5 Å². The number of sulfonamides is 1. The van der Waals surface area contributed by atoms with E-state index in [0.717, 1.165) is 36.6 Å². The van der Waals surface area contributed by atoms with Crippen LogP contribution in [0.1, 0.15) is 31.7 Å². The summed E-state index contributed by atoms with van der Waals surface area (Å²) in [5.74, 6) is 0.503. The molecule has 2 aromatic heterocycles. The summed E-state index contributed by atoms with van der Waals surface area (Å²) in [4.78, 5) is 10.1. The molecular formula is C21H28F3N5O4S2. The Morgan fingerprint density at radius 3 is 2.43 bits per heavy atom. The molecule has 0 unspecified atom stereocenters. The molecule has 0 saturated carbocycles. The number of nitrogens with two attached hydrogens (primary N) is 1. The normalized spacial score (nSPS) is 22.8. The highest BCUT2D eigenvalue weighted by Gasteiger charge is 2.51. The van der Waals surface area contributed by atoms with E-state index in [-0.39, 0.29) is 35.8 Å². The van der Waals surface area contributed by atoms with Crippen molar-refractivity contribution in [3.63, 3.8) is 0 Å². The van der Waals surface area contributed by atoms with Crippen LogP contribution in [0.3, 0.4) is 0 Å². The highest BCUT2D eigenvalue weighted by atomic mass is 32.2. The van der Waals surface area contributed by atoms with Crippen molar-refractivity contribution < 1.29 is 31.4 Å². The second-order valence-electron chi connectivity index (χ2n) is 9.00. The number of hydrogen-bond donors (Lipinski definition) is 2. The number of halogens is 3. The molecular weight excluding hydrogens is 507 g/mol. The third kappa shape index (κ3) is 5.40. The van der Waals surface area contributed by atoms with Crippen LogP contribution in [0.4, 0.5) is 24.1 Å². The maximum absolute atomic E-state index is 13.2. The summed E-state index contributed by atoms with van der Waals surface area (Å²) in [7, 11) is -3.74. The molecule has 14 heteroatoms. The van der Waals surface area contributed by atoms with Gasteiger partial charge in [0, 0.05) is 56.8 Å². The molecule has 4 rings (SSSR count). The first-order valence-electron chi connectivity index (χ1n) is 11.2. The van der Waals surface area contributed by atoms with Crippen LogP contribution in [-0.4, -0.2) is 72.9 Å². The third-order valence-electron chi connectivity index (χ3n) is 6.60. The Labute approximate surface area is 205 Å². The summed E-state index contributed by atoms with van der Waals surface area (Å²) in [5, 5.41) is 10.3. The fourth-order valence-corrected chi connectivity index (χ4v) is 7.08. The second kappa shape index (κ2) is 9.81. The van der Waals surface area contributed by atoms with Gasteiger partial charge in [0.25, 0.3) is 10.0 Å². The van der Waals surface area contributed by atoms with E-state index in [1.807, 2.05) is 4.90 Å². The van der Waals surface area contributed by atoms with E-state index >= 15 is 0 Å². The van der Waals surface area contributed by atoms with Crippen LogP contribution in [0.2, 0.25) is 0 Å². The van der Waals surface area contributed by atoms with Gasteiger partial charge in [0.05, 0.1) is 5.00 Å². The van der Waals surface area contributed by atoms with Crippen molar-refractivity contribution in [3.8, 4) is 0 Å². The molecule has 2 fully saturated rings. The second-order valence-corrected chi connectivity index (χ2v) is 12.3. The van der Waals surface area contributed by atoms with Crippen molar-refractivity contribution in [2.24, 2.45) is 5.92 Å². The predicted octanol–water partition coefficient (Wildman–Crippen LogP) is 2.59. The quantitative estimate of drug-likeness (QED) is 0.579. The summed E-state index contributed by atoms with van der Waals surface area (Å²) in [6, 6.07) is 2.76. The number of ether oxygens (including phenoxy) is 1. The van der Waals surface area contributed by atoms with E-state index in [0.29, 0.717) is 37.5 Å². The Hall–Kier alpha value is -2.00. The van der Waals surface area contributed by atoms with E-state index in [2.05, 4.69) is 9.97 Å². The van der Waals surface area contributed by atoms with Crippen molar-refractivity contribution >= 4 is 32.3 Å². The Bertz CT molecular complexity index is 1120. The molecule has 35 heavy (non-hydrogen) atoms. The fourth-order valence-electron chi connectivity index (χ4n) is 4.36. The molecule has 9 nitrogen and oxygen atoms in total. The summed E-state index contributed by atoms with van der Waals surface area (Å²) in [6.07, 6.45) is -0.598. The van der Waals surface area contributed by atoms with Gasteiger partial charge in [0.2, 0.25) is 5.95 Å². The molecule has 2 aliphatic heterocycles. The topological polar surface area (TPSA) is 122 Å². The molecule has 0 aromatic carbocycles. The highest BCUT2D eigenvalue weighted by Crippen LogP contribution is 2.38. The monoisotopic (exact) mass is 535 g/mol. The number of aliphatic hydroxyl groups is 1. The van der Waals surface area contributed by atoms with Crippen molar-refractivity contribution in [1.29, 1.82) is 0 Å². The minimum atomic E-state index is -4.88. The number of alkyl halides is 3. The number of nitrogens with zero attached hydrogens (tertiary/aromatic N) is 4. The molecule has 0 spiro atoms. The average Bonchev–Trinajstić information content (AvgIpc) is 3.26. The predicted molar refractivity (Wildman–Crippen MR) is 124 cm³/mol. The number of piperazine rings is 1. The molecule has 0 radical (unpaired) electrons.